The molecule has 0 radical (unpaired) electrons. The zero-order chi connectivity index (χ0) is 13.8. The third kappa shape index (κ3) is 3.00. The van der Waals surface area contributed by atoms with Crippen LogP contribution in [-0.2, 0) is 11.3 Å². The molecule has 0 aliphatic rings. The van der Waals surface area contributed by atoms with Crippen LogP contribution in [0.4, 0.5) is 0 Å². The third-order valence-electron chi connectivity index (χ3n) is 2.64. The van der Waals surface area contributed by atoms with Crippen LogP contribution in [0.5, 0.6) is 0 Å². The van der Waals surface area contributed by atoms with Crippen molar-refractivity contribution in [1.29, 1.82) is 0 Å². The second kappa shape index (κ2) is 5.95. The molecule has 0 fully saturated rings. The van der Waals surface area contributed by atoms with Crippen molar-refractivity contribution in [1.82, 2.24) is 14.8 Å². The van der Waals surface area contributed by atoms with Crippen LogP contribution in [0, 0.1) is 6.92 Å². The van der Waals surface area contributed by atoms with Gasteiger partial charge in [0.15, 0.2) is 0 Å². The smallest absolute Gasteiger partial charge is 0.230 e. The number of hydrogen-bond donors (Lipinski definition) is 0. The Kier molecular flexibility index (Phi) is 4.29. The minimum Gasteiger partial charge on any atom is -0.383 e. The van der Waals surface area contributed by atoms with Gasteiger partial charge in [0.1, 0.15) is 11.4 Å². The number of carbonyl (C=O) groups excluding carboxylic acids is 1. The molecular formula is C13H14ClN3O2. The number of ketones is 1. The fourth-order valence-corrected chi connectivity index (χ4v) is 1.95. The first-order chi connectivity index (χ1) is 9.13. The number of ether oxygens (including phenoxy) is 1. The molecule has 19 heavy (non-hydrogen) atoms. The highest BCUT2D eigenvalue weighted by Gasteiger charge is 2.20. The van der Waals surface area contributed by atoms with E-state index in [9.17, 15) is 4.79 Å². The van der Waals surface area contributed by atoms with E-state index in [1.807, 2.05) is 13.0 Å². The molecule has 0 atom stereocenters. The van der Waals surface area contributed by atoms with Crippen LogP contribution < -0.4 is 0 Å². The predicted octanol–water partition coefficient (Wildman–Crippen LogP) is 2.12. The molecule has 0 saturated heterocycles. The standard InChI is InChI=1S/C13H14ClN3O2/c1-9-4-3-5-11(16-9)13(18)12-10(14)8-15-17(12)6-7-19-2/h3-5,8H,6-7H2,1-2H3. The van der Waals surface area contributed by atoms with Crippen molar-refractivity contribution in [2.75, 3.05) is 13.7 Å². The van der Waals surface area contributed by atoms with Gasteiger partial charge in [0.05, 0.1) is 24.4 Å². The van der Waals surface area contributed by atoms with Gasteiger partial charge in [-0.15, -0.1) is 0 Å². The van der Waals surface area contributed by atoms with Gasteiger partial charge in [-0.2, -0.15) is 5.10 Å². The first-order valence-electron chi connectivity index (χ1n) is 5.82. The summed E-state index contributed by atoms with van der Waals surface area (Å²) in [5.74, 6) is -0.234. The molecule has 2 aromatic rings. The molecule has 2 rings (SSSR count). The molecule has 0 saturated carbocycles. The number of aromatic nitrogens is 3. The highest BCUT2D eigenvalue weighted by Crippen LogP contribution is 2.18. The lowest BCUT2D eigenvalue weighted by atomic mass is 10.2. The Morgan fingerprint density at radius 2 is 2.26 bits per heavy atom. The fraction of sp³-hybridized carbons (Fsp3) is 0.308. The summed E-state index contributed by atoms with van der Waals surface area (Å²) in [5, 5.41) is 4.40. The summed E-state index contributed by atoms with van der Waals surface area (Å²) >= 11 is 6.04. The molecule has 6 heteroatoms. The Morgan fingerprint density at radius 1 is 1.47 bits per heavy atom. The molecule has 0 aliphatic carbocycles. The normalized spacial score (nSPS) is 10.7. The number of nitrogens with zero attached hydrogens (tertiary/aromatic N) is 3. The van der Waals surface area contributed by atoms with Gasteiger partial charge in [0.25, 0.3) is 0 Å². The van der Waals surface area contributed by atoms with Crippen LogP contribution in [0.3, 0.4) is 0 Å². The molecule has 100 valence electrons. The monoisotopic (exact) mass is 279 g/mol. The van der Waals surface area contributed by atoms with Crippen molar-refractivity contribution in [3.8, 4) is 0 Å². The topological polar surface area (TPSA) is 57.0 Å². The lowest BCUT2D eigenvalue weighted by Gasteiger charge is -2.06. The van der Waals surface area contributed by atoms with E-state index >= 15 is 0 Å². The average molecular weight is 280 g/mol. The van der Waals surface area contributed by atoms with Crippen LogP contribution in [0.25, 0.3) is 0 Å². The van der Waals surface area contributed by atoms with E-state index < -0.39 is 0 Å². The molecule has 0 bridgehead atoms. The molecule has 0 unspecified atom stereocenters. The molecule has 0 amide bonds. The van der Waals surface area contributed by atoms with E-state index in [0.29, 0.717) is 29.6 Å². The Balaban J connectivity index is 2.35. The van der Waals surface area contributed by atoms with Gasteiger partial charge >= 0.3 is 0 Å². The maximum Gasteiger partial charge on any atom is 0.230 e. The number of pyridine rings is 1. The largest absolute Gasteiger partial charge is 0.383 e. The molecule has 0 spiro atoms. The van der Waals surface area contributed by atoms with Crippen LogP contribution in [0.1, 0.15) is 21.9 Å². The molecule has 0 N–H and O–H groups in total. The fourth-order valence-electron chi connectivity index (χ4n) is 1.73. The van der Waals surface area contributed by atoms with Crippen LogP contribution >= 0.6 is 11.6 Å². The summed E-state index contributed by atoms with van der Waals surface area (Å²) < 4.78 is 6.52. The molecule has 0 aliphatic heterocycles. The number of aryl methyl sites for hydroxylation is 1. The molecule has 5 nitrogen and oxygen atoms in total. The number of methoxy groups -OCH3 is 1. The molecule has 2 heterocycles. The summed E-state index contributed by atoms with van der Waals surface area (Å²) in [5.41, 5.74) is 1.49. The summed E-state index contributed by atoms with van der Waals surface area (Å²) in [6.45, 7) is 2.76. The predicted molar refractivity (Wildman–Crippen MR) is 71.5 cm³/mol. The summed E-state index contributed by atoms with van der Waals surface area (Å²) in [7, 11) is 1.59. The van der Waals surface area contributed by atoms with Gasteiger partial charge in [0.2, 0.25) is 5.78 Å². The van der Waals surface area contributed by atoms with Crippen molar-refractivity contribution < 1.29 is 9.53 Å². The van der Waals surface area contributed by atoms with Crippen LogP contribution in [0.2, 0.25) is 5.02 Å². The minimum atomic E-state index is -0.234. The van der Waals surface area contributed by atoms with E-state index in [2.05, 4.69) is 10.1 Å². The Hall–Kier alpha value is -1.72. The van der Waals surface area contributed by atoms with Gasteiger partial charge in [-0.3, -0.25) is 9.48 Å². The van der Waals surface area contributed by atoms with E-state index in [4.69, 9.17) is 16.3 Å². The number of hydrogen-bond acceptors (Lipinski definition) is 4. The summed E-state index contributed by atoms with van der Waals surface area (Å²) in [4.78, 5) is 16.6. The van der Waals surface area contributed by atoms with E-state index in [1.54, 1.807) is 19.2 Å². The van der Waals surface area contributed by atoms with Crippen molar-refractivity contribution >= 4 is 17.4 Å². The van der Waals surface area contributed by atoms with Gasteiger partial charge in [-0.05, 0) is 19.1 Å². The summed E-state index contributed by atoms with van der Waals surface area (Å²) in [6, 6.07) is 5.29. The SMILES string of the molecule is COCCn1ncc(Cl)c1C(=O)c1cccc(C)n1. The van der Waals surface area contributed by atoms with Crippen LogP contribution in [-0.4, -0.2) is 34.3 Å². The van der Waals surface area contributed by atoms with Crippen molar-refractivity contribution in [2.45, 2.75) is 13.5 Å². The van der Waals surface area contributed by atoms with Crippen molar-refractivity contribution in [2.24, 2.45) is 0 Å². The summed E-state index contributed by atoms with van der Waals surface area (Å²) in [6.07, 6.45) is 1.46. The number of carbonyl (C=O) groups is 1. The second-order valence-electron chi connectivity index (χ2n) is 4.05. The second-order valence-corrected chi connectivity index (χ2v) is 4.46. The first-order valence-corrected chi connectivity index (χ1v) is 6.20. The number of halogens is 1. The van der Waals surface area contributed by atoms with E-state index in [1.165, 1.54) is 10.9 Å². The Bertz CT molecular complexity index is 595. The maximum absolute atomic E-state index is 12.4. The highest BCUT2D eigenvalue weighted by atomic mass is 35.5. The van der Waals surface area contributed by atoms with Gasteiger partial charge in [-0.25, -0.2) is 4.98 Å². The zero-order valence-corrected chi connectivity index (χ0v) is 11.5. The van der Waals surface area contributed by atoms with E-state index in [0.717, 1.165) is 5.69 Å². The van der Waals surface area contributed by atoms with Crippen LogP contribution in [0.15, 0.2) is 24.4 Å². The molecule has 0 aromatic carbocycles. The Labute approximate surface area is 116 Å². The first kappa shape index (κ1) is 13.7. The van der Waals surface area contributed by atoms with E-state index in [-0.39, 0.29) is 5.78 Å². The Morgan fingerprint density at radius 3 is 2.95 bits per heavy atom. The van der Waals surface area contributed by atoms with Gasteiger partial charge < -0.3 is 4.74 Å². The number of rotatable bonds is 5. The molecular weight excluding hydrogens is 266 g/mol. The molecule has 2 aromatic heterocycles. The highest BCUT2D eigenvalue weighted by molar-refractivity contribution is 6.34. The lowest BCUT2D eigenvalue weighted by Crippen LogP contribution is -2.15. The quantitative estimate of drug-likeness (QED) is 0.787. The van der Waals surface area contributed by atoms with Gasteiger partial charge in [0, 0.05) is 12.8 Å². The maximum atomic E-state index is 12.4. The minimum absolute atomic E-state index is 0.234. The van der Waals surface area contributed by atoms with Crippen molar-refractivity contribution in [3.63, 3.8) is 0 Å². The van der Waals surface area contributed by atoms with Crippen molar-refractivity contribution in [3.05, 3.63) is 46.5 Å². The zero-order valence-electron chi connectivity index (χ0n) is 10.8. The third-order valence-corrected chi connectivity index (χ3v) is 2.91. The van der Waals surface area contributed by atoms with Gasteiger partial charge in [-0.1, -0.05) is 17.7 Å². The lowest BCUT2D eigenvalue weighted by molar-refractivity contribution is 0.102. The average Bonchev–Trinajstić information content (AvgIpc) is 2.76.